The van der Waals surface area contributed by atoms with E-state index in [0.717, 1.165) is 0 Å². The van der Waals surface area contributed by atoms with Crippen LogP contribution in [-0.2, 0) is 44.8 Å². The first-order valence-corrected chi connectivity index (χ1v) is 18.0. The van der Waals surface area contributed by atoms with Crippen LogP contribution in [0.3, 0.4) is 0 Å². The summed E-state index contributed by atoms with van der Waals surface area (Å²) in [5, 5.41) is 35.0. The van der Waals surface area contributed by atoms with Gasteiger partial charge in [-0.3, -0.25) is 38.4 Å². The number of hydrogen-bond donors (Lipinski definition) is 13. The molecule has 0 fully saturated rings. The van der Waals surface area contributed by atoms with Gasteiger partial charge in [0.1, 0.15) is 42.3 Å². The number of thiol groups is 2. The van der Waals surface area contributed by atoms with Gasteiger partial charge in [-0.25, -0.2) is 9.78 Å². The monoisotopic (exact) mass is 802 g/mol. The highest BCUT2D eigenvalue weighted by atomic mass is 32.1. The molecule has 23 heteroatoms. The fourth-order valence-electron chi connectivity index (χ4n) is 4.70. The Hall–Kier alpha value is -5.06. The largest absolute Gasteiger partial charge is 0.481 e. The third kappa shape index (κ3) is 15.5. The van der Waals surface area contributed by atoms with Gasteiger partial charge in [-0.05, 0) is 18.8 Å². The molecule has 0 radical (unpaired) electrons. The minimum atomic E-state index is -1.72. The molecule has 1 aromatic heterocycles. The Kier molecular flexibility index (Phi) is 19.9. The molecule has 0 saturated carbocycles. The number of imidazole rings is 1. The van der Waals surface area contributed by atoms with Gasteiger partial charge in [0.15, 0.2) is 0 Å². The topological polar surface area (TPSA) is 333 Å². The first-order valence-electron chi connectivity index (χ1n) is 16.8. The third-order valence-corrected chi connectivity index (χ3v) is 8.79. The van der Waals surface area contributed by atoms with Crippen molar-refractivity contribution in [1.29, 1.82) is 0 Å². The molecule has 12 N–H and O–H groups in total. The van der Waals surface area contributed by atoms with Crippen LogP contribution in [0, 0.1) is 11.8 Å². The molecule has 0 saturated heterocycles. The maximum atomic E-state index is 13.5. The molecular formula is C31H50N10O11S2. The van der Waals surface area contributed by atoms with Gasteiger partial charge in [-0.15, -0.1) is 0 Å². The fraction of sp³-hybridized carbons (Fsp3) is 0.613. The molecule has 302 valence electrons. The lowest BCUT2D eigenvalue weighted by Gasteiger charge is -2.29. The van der Waals surface area contributed by atoms with Crippen molar-refractivity contribution in [2.24, 2.45) is 17.6 Å². The number of nitrogens with one attached hydrogen (secondary N) is 8. The average Bonchev–Trinajstić information content (AvgIpc) is 3.61. The van der Waals surface area contributed by atoms with Gasteiger partial charge < -0.3 is 58.1 Å². The number of aliphatic carboxylic acids is 1. The summed E-state index contributed by atoms with van der Waals surface area (Å²) >= 11 is 7.96. The number of nitrogens with zero attached hydrogens (tertiary/aromatic N) is 1. The zero-order valence-electron chi connectivity index (χ0n) is 30.4. The SMILES string of the molecule is CC[C@H](C)[C@H](NC(=O)[C@H](CC(=O)O)NC(=O)[C@@H](NC(=O)[C@H](C)NC(=O)[C@H](Cc1cnc[nH]1)NC(=O)[C@H](CS)NC(=O)O)C(C)C)C(=O)N[C@@H](CS)C(N)=O. The molecular weight excluding hydrogens is 753 g/mol. The maximum Gasteiger partial charge on any atom is 0.405 e. The molecule has 21 nitrogen and oxygen atoms in total. The number of aromatic amines is 1. The molecule has 1 aromatic rings. The van der Waals surface area contributed by atoms with Crippen LogP contribution < -0.4 is 43.0 Å². The van der Waals surface area contributed by atoms with Crippen molar-refractivity contribution < 1.29 is 53.4 Å². The highest BCUT2D eigenvalue weighted by molar-refractivity contribution is 7.80. The number of H-pyrrole nitrogens is 1. The predicted molar refractivity (Wildman–Crippen MR) is 198 cm³/mol. The van der Waals surface area contributed by atoms with Crippen LogP contribution in [-0.4, -0.2) is 127 Å². The van der Waals surface area contributed by atoms with Crippen LogP contribution in [0.25, 0.3) is 0 Å². The first kappa shape index (κ1) is 47.0. The molecule has 0 aliphatic heterocycles. The molecule has 0 aromatic carbocycles. The molecule has 1 rings (SSSR count). The van der Waals surface area contributed by atoms with Crippen molar-refractivity contribution in [2.75, 3.05) is 11.5 Å². The molecule has 0 spiro atoms. The summed E-state index contributed by atoms with van der Waals surface area (Å²) in [6.45, 7) is 7.75. The van der Waals surface area contributed by atoms with Crippen molar-refractivity contribution >= 4 is 78.7 Å². The Balaban J connectivity index is 3.16. The third-order valence-electron chi connectivity index (χ3n) is 8.06. The molecule has 8 atom stereocenters. The van der Waals surface area contributed by atoms with Gasteiger partial charge in [0.05, 0.1) is 12.7 Å². The summed E-state index contributed by atoms with van der Waals surface area (Å²) in [7, 11) is 0. The molecule has 0 unspecified atom stereocenters. The van der Waals surface area contributed by atoms with Gasteiger partial charge in [-0.2, -0.15) is 25.3 Å². The van der Waals surface area contributed by atoms with Crippen molar-refractivity contribution in [1.82, 2.24) is 47.2 Å². The Morgan fingerprint density at radius 3 is 1.70 bits per heavy atom. The number of aromatic nitrogens is 2. The second-order valence-corrected chi connectivity index (χ2v) is 13.4. The quantitative estimate of drug-likeness (QED) is 0.0494. The zero-order valence-corrected chi connectivity index (χ0v) is 32.2. The summed E-state index contributed by atoms with van der Waals surface area (Å²) in [5.41, 5.74) is 5.70. The van der Waals surface area contributed by atoms with Crippen LogP contribution in [0.1, 0.15) is 53.2 Å². The van der Waals surface area contributed by atoms with E-state index >= 15 is 0 Å². The van der Waals surface area contributed by atoms with E-state index in [0.29, 0.717) is 12.1 Å². The van der Waals surface area contributed by atoms with Crippen LogP contribution in [0.5, 0.6) is 0 Å². The van der Waals surface area contributed by atoms with Crippen molar-refractivity contribution in [3.05, 3.63) is 18.2 Å². The molecule has 0 bridgehead atoms. The second-order valence-electron chi connectivity index (χ2n) is 12.7. The number of nitrogens with two attached hydrogens (primary N) is 1. The lowest BCUT2D eigenvalue weighted by molar-refractivity contribution is -0.142. The van der Waals surface area contributed by atoms with E-state index in [4.69, 9.17) is 10.8 Å². The normalized spacial score (nSPS) is 15.4. The van der Waals surface area contributed by atoms with E-state index in [1.807, 2.05) is 5.32 Å². The Labute approximate surface area is 322 Å². The summed E-state index contributed by atoms with van der Waals surface area (Å²) < 4.78 is 0. The number of carboxylic acid groups (broad SMARTS) is 2. The smallest absolute Gasteiger partial charge is 0.405 e. The molecule has 54 heavy (non-hydrogen) atoms. The summed E-state index contributed by atoms with van der Waals surface area (Å²) in [4.78, 5) is 120. The van der Waals surface area contributed by atoms with Gasteiger partial charge in [0, 0.05) is 29.8 Å². The van der Waals surface area contributed by atoms with E-state index in [1.165, 1.54) is 19.4 Å². The highest BCUT2D eigenvalue weighted by Gasteiger charge is 2.35. The second kappa shape index (κ2) is 22.9. The number of primary amides is 1. The minimum Gasteiger partial charge on any atom is -0.481 e. The Morgan fingerprint density at radius 2 is 1.22 bits per heavy atom. The standard InChI is InChI=1S/C31H50N10O11S2/c1-6-14(4)23(30(50)38-19(10-53)24(32)44)41-27(47)18(8-21(42)43)37-29(49)22(13(2)3)40-25(45)15(5)35-26(46)17(7-16-9-33-12-34-16)36-28(48)20(11-54)39-31(51)52/h9,12-15,17-20,22-23,39,53-54H,6-8,10-11H2,1-5H3,(H2,32,44)(H,33,34)(H,35,46)(H,36,48)(H,37,49)(H,38,50)(H,40,45)(H,41,47)(H,42,43)(H,51,52)/t14-,15-,17-,18-,19-,20-,22-,23-/m0/s1. The molecule has 0 aliphatic carbocycles. The van der Waals surface area contributed by atoms with Crippen molar-refractivity contribution in [3.63, 3.8) is 0 Å². The molecule has 8 amide bonds. The number of rotatable bonds is 23. The minimum absolute atomic E-state index is 0.129. The summed E-state index contributed by atoms with van der Waals surface area (Å²) in [6, 6.07) is -9.46. The van der Waals surface area contributed by atoms with E-state index in [-0.39, 0.29) is 17.9 Å². The van der Waals surface area contributed by atoms with E-state index < -0.39 is 114 Å². The Bertz CT molecular complexity index is 1500. The van der Waals surface area contributed by atoms with Crippen molar-refractivity contribution in [2.45, 2.75) is 96.2 Å². The average molecular weight is 803 g/mol. The van der Waals surface area contributed by atoms with E-state index in [9.17, 15) is 48.3 Å². The maximum absolute atomic E-state index is 13.5. The summed E-state index contributed by atoms with van der Waals surface area (Å²) in [5.74, 6) is -9.22. The fourth-order valence-corrected chi connectivity index (χ4v) is 5.23. The zero-order chi connectivity index (χ0) is 41.3. The number of carbonyl (C=O) groups excluding carboxylic acids is 7. The van der Waals surface area contributed by atoms with Gasteiger partial charge in [0.2, 0.25) is 41.4 Å². The van der Waals surface area contributed by atoms with E-state index in [2.05, 4.69) is 67.1 Å². The number of hydrogen-bond acceptors (Lipinski definition) is 12. The molecule has 1 heterocycles. The number of carbonyl (C=O) groups is 9. The van der Waals surface area contributed by atoms with E-state index in [1.54, 1.807) is 27.7 Å². The van der Waals surface area contributed by atoms with Crippen LogP contribution in [0.15, 0.2) is 12.5 Å². The number of amides is 8. The molecule has 0 aliphatic rings. The highest BCUT2D eigenvalue weighted by Crippen LogP contribution is 2.11. The van der Waals surface area contributed by atoms with Crippen LogP contribution in [0.4, 0.5) is 4.79 Å². The first-order chi connectivity index (χ1) is 25.2. The predicted octanol–water partition coefficient (Wildman–Crippen LogP) is -2.96. The number of carboxylic acids is 1. The lowest BCUT2D eigenvalue weighted by atomic mass is 9.97. The van der Waals surface area contributed by atoms with Crippen LogP contribution >= 0.6 is 25.3 Å². The Morgan fingerprint density at radius 1 is 0.704 bits per heavy atom. The lowest BCUT2D eigenvalue weighted by Crippen LogP contribution is -2.61. The van der Waals surface area contributed by atoms with Gasteiger partial charge >= 0.3 is 12.1 Å². The van der Waals surface area contributed by atoms with Gasteiger partial charge in [0.25, 0.3) is 0 Å². The van der Waals surface area contributed by atoms with Crippen molar-refractivity contribution in [3.8, 4) is 0 Å². The van der Waals surface area contributed by atoms with Crippen LogP contribution in [0.2, 0.25) is 0 Å². The van der Waals surface area contributed by atoms with Gasteiger partial charge in [-0.1, -0.05) is 34.1 Å². The summed E-state index contributed by atoms with van der Waals surface area (Å²) in [6.07, 6.45) is 0.561.